The van der Waals surface area contributed by atoms with Crippen molar-refractivity contribution in [2.45, 2.75) is 6.42 Å². The van der Waals surface area contributed by atoms with Gasteiger partial charge in [-0.05, 0) is 12.1 Å². The monoisotopic (exact) mass is 252 g/mol. The number of methoxy groups -OCH3 is 2. The molecule has 0 aliphatic carbocycles. The van der Waals surface area contributed by atoms with Gasteiger partial charge in [-0.3, -0.25) is 4.79 Å². The summed E-state index contributed by atoms with van der Waals surface area (Å²) >= 11 is 0. The number of ether oxygens (including phenoxy) is 3. The van der Waals surface area contributed by atoms with Crippen LogP contribution in [0.2, 0.25) is 0 Å². The molecule has 0 aliphatic rings. The highest BCUT2D eigenvalue weighted by Crippen LogP contribution is 2.15. The number of esters is 1. The molecule has 0 heterocycles. The molecule has 0 atom stereocenters. The van der Waals surface area contributed by atoms with Gasteiger partial charge in [0.1, 0.15) is 18.0 Å². The average molecular weight is 252 g/mol. The normalized spacial score (nSPS) is 9.28. The van der Waals surface area contributed by atoms with Gasteiger partial charge in [0.15, 0.2) is 6.79 Å². The van der Waals surface area contributed by atoms with Crippen LogP contribution in [-0.2, 0) is 14.3 Å². The van der Waals surface area contributed by atoms with E-state index in [2.05, 4.69) is 16.6 Å². The van der Waals surface area contributed by atoms with E-state index in [1.807, 2.05) is 0 Å². The first-order chi connectivity index (χ1) is 8.67. The molecule has 0 spiro atoms. The first kappa shape index (κ1) is 14.0. The van der Waals surface area contributed by atoms with Crippen molar-refractivity contribution >= 4 is 5.97 Å². The van der Waals surface area contributed by atoms with Gasteiger partial charge in [-0.2, -0.15) is 0 Å². The number of carbonyl (C=O) groups is 1. The molecule has 96 valence electrons. The predicted octanol–water partition coefficient (Wildman–Crippen LogP) is 1.72. The number of halogens is 1. The van der Waals surface area contributed by atoms with Gasteiger partial charge in [-0.25, -0.2) is 4.39 Å². The van der Waals surface area contributed by atoms with Gasteiger partial charge in [0, 0.05) is 13.2 Å². The number of carbonyl (C=O) groups excluding carboxylic acids is 1. The molecule has 0 radical (unpaired) electrons. The van der Waals surface area contributed by atoms with Crippen molar-refractivity contribution < 1.29 is 23.4 Å². The Labute approximate surface area is 105 Å². The lowest BCUT2D eigenvalue weighted by Crippen LogP contribution is -1.99. The van der Waals surface area contributed by atoms with E-state index >= 15 is 0 Å². The Morgan fingerprint density at radius 1 is 1.39 bits per heavy atom. The van der Waals surface area contributed by atoms with Gasteiger partial charge in [-0.1, -0.05) is 11.8 Å². The van der Waals surface area contributed by atoms with Crippen LogP contribution in [0.3, 0.4) is 0 Å². The molecule has 0 bridgehead atoms. The van der Waals surface area contributed by atoms with Gasteiger partial charge in [0.25, 0.3) is 0 Å². The summed E-state index contributed by atoms with van der Waals surface area (Å²) in [5.41, 5.74) is 0.198. The largest absolute Gasteiger partial charge is 0.468 e. The summed E-state index contributed by atoms with van der Waals surface area (Å²) < 4.78 is 27.7. The van der Waals surface area contributed by atoms with Crippen LogP contribution < -0.4 is 4.74 Å². The van der Waals surface area contributed by atoms with Crippen LogP contribution in [0.4, 0.5) is 4.39 Å². The lowest BCUT2D eigenvalue weighted by Gasteiger charge is -2.04. The van der Waals surface area contributed by atoms with Gasteiger partial charge >= 0.3 is 5.97 Å². The molecule has 0 saturated heterocycles. The average Bonchev–Trinajstić information content (AvgIpc) is 2.38. The van der Waals surface area contributed by atoms with Crippen molar-refractivity contribution in [3.63, 3.8) is 0 Å². The van der Waals surface area contributed by atoms with Crippen LogP contribution in [0.1, 0.15) is 12.0 Å². The molecule has 0 aromatic heterocycles. The molecule has 1 aromatic carbocycles. The van der Waals surface area contributed by atoms with Crippen molar-refractivity contribution in [3.8, 4) is 17.6 Å². The Bertz CT molecular complexity index is 474. The highest BCUT2D eigenvalue weighted by atomic mass is 19.1. The summed E-state index contributed by atoms with van der Waals surface area (Å²) in [6.07, 6.45) is -0.0716. The third-order valence-corrected chi connectivity index (χ3v) is 1.97. The van der Waals surface area contributed by atoms with Gasteiger partial charge in [0.05, 0.1) is 12.7 Å². The van der Waals surface area contributed by atoms with E-state index in [0.717, 1.165) is 0 Å². The van der Waals surface area contributed by atoms with Crippen LogP contribution in [0, 0.1) is 17.7 Å². The third-order valence-electron chi connectivity index (χ3n) is 1.97. The maximum absolute atomic E-state index is 13.5. The van der Waals surface area contributed by atoms with E-state index in [1.165, 1.54) is 26.4 Å². The number of hydrogen-bond acceptors (Lipinski definition) is 4. The first-order valence-corrected chi connectivity index (χ1v) is 5.14. The minimum Gasteiger partial charge on any atom is -0.468 e. The number of hydrogen-bond donors (Lipinski definition) is 0. The Hall–Kier alpha value is -2.06. The third kappa shape index (κ3) is 4.44. The number of benzene rings is 1. The zero-order chi connectivity index (χ0) is 13.4. The fourth-order valence-electron chi connectivity index (χ4n) is 1.10. The highest BCUT2D eigenvalue weighted by molar-refractivity contribution is 5.72. The molecular formula is C13H13FO4. The topological polar surface area (TPSA) is 44.8 Å². The Morgan fingerprint density at radius 2 is 2.17 bits per heavy atom. The summed E-state index contributed by atoms with van der Waals surface area (Å²) in [5, 5.41) is 0. The van der Waals surface area contributed by atoms with Crippen LogP contribution >= 0.6 is 0 Å². The van der Waals surface area contributed by atoms with Crippen molar-refractivity contribution in [3.05, 3.63) is 29.6 Å². The zero-order valence-corrected chi connectivity index (χ0v) is 10.2. The fourth-order valence-corrected chi connectivity index (χ4v) is 1.10. The van der Waals surface area contributed by atoms with Crippen molar-refractivity contribution in [2.75, 3.05) is 21.0 Å². The molecule has 0 aliphatic heterocycles. The molecule has 0 amide bonds. The molecule has 0 unspecified atom stereocenters. The summed E-state index contributed by atoms with van der Waals surface area (Å²) in [6, 6.07) is 4.26. The minimum absolute atomic E-state index is 0.0484. The lowest BCUT2D eigenvalue weighted by molar-refractivity contribution is -0.139. The molecule has 0 fully saturated rings. The fraction of sp³-hybridized carbons (Fsp3) is 0.308. The maximum atomic E-state index is 13.5. The summed E-state index contributed by atoms with van der Waals surface area (Å²) in [7, 11) is 2.75. The first-order valence-electron chi connectivity index (χ1n) is 5.14. The van der Waals surface area contributed by atoms with E-state index in [-0.39, 0.29) is 18.8 Å². The Kier molecular flexibility index (Phi) is 5.68. The standard InChI is InChI=1S/C13H13FO4/c1-16-9-18-11-7-6-10(12(14)8-11)4-3-5-13(15)17-2/h6-8H,5,9H2,1-2H3. The molecule has 18 heavy (non-hydrogen) atoms. The summed E-state index contributed by atoms with van der Waals surface area (Å²) in [6.45, 7) is 0.0484. The zero-order valence-electron chi connectivity index (χ0n) is 10.2. The van der Waals surface area contributed by atoms with Crippen molar-refractivity contribution in [1.29, 1.82) is 0 Å². The Morgan fingerprint density at radius 3 is 2.78 bits per heavy atom. The molecule has 4 nitrogen and oxygen atoms in total. The molecule has 5 heteroatoms. The van der Waals surface area contributed by atoms with Crippen LogP contribution in [0.25, 0.3) is 0 Å². The van der Waals surface area contributed by atoms with E-state index in [1.54, 1.807) is 6.07 Å². The second kappa shape index (κ2) is 7.30. The maximum Gasteiger partial charge on any atom is 0.317 e. The molecule has 0 N–H and O–H groups in total. The van der Waals surface area contributed by atoms with E-state index in [0.29, 0.717) is 5.75 Å². The Balaban J connectivity index is 2.70. The van der Waals surface area contributed by atoms with Crippen LogP contribution in [0.5, 0.6) is 5.75 Å². The second-order valence-electron chi connectivity index (χ2n) is 3.25. The number of rotatable bonds is 4. The van der Waals surface area contributed by atoms with Gasteiger partial charge in [-0.15, -0.1) is 0 Å². The van der Waals surface area contributed by atoms with Crippen LogP contribution in [0.15, 0.2) is 18.2 Å². The smallest absolute Gasteiger partial charge is 0.317 e. The molecule has 1 aromatic rings. The predicted molar refractivity (Wildman–Crippen MR) is 62.4 cm³/mol. The van der Waals surface area contributed by atoms with Gasteiger partial charge < -0.3 is 14.2 Å². The second-order valence-corrected chi connectivity index (χ2v) is 3.25. The molecule has 1 rings (SSSR count). The van der Waals surface area contributed by atoms with Crippen molar-refractivity contribution in [1.82, 2.24) is 0 Å². The van der Waals surface area contributed by atoms with E-state index < -0.39 is 11.8 Å². The van der Waals surface area contributed by atoms with Crippen molar-refractivity contribution in [2.24, 2.45) is 0 Å². The van der Waals surface area contributed by atoms with Crippen LogP contribution in [-0.4, -0.2) is 27.0 Å². The van der Waals surface area contributed by atoms with E-state index in [9.17, 15) is 9.18 Å². The quantitative estimate of drug-likeness (QED) is 0.465. The molecular weight excluding hydrogens is 239 g/mol. The molecule has 0 saturated carbocycles. The highest BCUT2D eigenvalue weighted by Gasteiger charge is 2.02. The lowest BCUT2D eigenvalue weighted by atomic mass is 10.2. The summed E-state index contributed by atoms with van der Waals surface area (Å²) in [4.78, 5) is 10.8. The van der Waals surface area contributed by atoms with Gasteiger partial charge in [0.2, 0.25) is 0 Å². The minimum atomic E-state index is -0.513. The SMILES string of the molecule is COCOc1ccc(C#CCC(=O)OC)c(F)c1. The summed E-state index contributed by atoms with van der Waals surface area (Å²) in [5.74, 6) is 4.46. The van der Waals surface area contributed by atoms with E-state index in [4.69, 9.17) is 9.47 Å².